The van der Waals surface area contributed by atoms with Crippen molar-refractivity contribution < 1.29 is 9.66 Å². The van der Waals surface area contributed by atoms with Crippen molar-refractivity contribution in [2.24, 2.45) is 0 Å². The normalized spacial score (nSPS) is 10.2. The van der Waals surface area contributed by atoms with Crippen LogP contribution in [0.3, 0.4) is 0 Å². The monoisotopic (exact) mass is 289 g/mol. The molecule has 3 rings (SSSR count). The van der Waals surface area contributed by atoms with Crippen molar-refractivity contribution in [3.63, 3.8) is 0 Å². The summed E-state index contributed by atoms with van der Waals surface area (Å²) in [5, 5.41) is 12.7. The molecule has 0 unspecified atom stereocenters. The van der Waals surface area contributed by atoms with E-state index in [0.29, 0.717) is 11.1 Å². The van der Waals surface area contributed by atoms with E-state index >= 15 is 0 Å². The Hall–Kier alpha value is -2.14. The molecule has 0 atom stereocenters. The Bertz CT molecular complexity index is 764. The van der Waals surface area contributed by atoms with E-state index in [4.69, 9.17) is 4.74 Å². The first kappa shape index (κ1) is 14.3. The molecule has 4 nitrogen and oxygen atoms in total. The zero-order chi connectivity index (χ0) is 14.7. The summed E-state index contributed by atoms with van der Waals surface area (Å²) in [5.41, 5.74) is 0.128. The molecule has 0 spiro atoms. The summed E-state index contributed by atoms with van der Waals surface area (Å²) < 4.78 is 7.13. The number of benzene rings is 2. The van der Waals surface area contributed by atoms with Crippen LogP contribution in [0.25, 0.3) is 20.2 Å². The third-order valence-corrected chi connectivity index (χ3v) is 4.07. The summed E-state index contributed by atoms with van der Waals surface area (Å²) in [7, 11) is 1.57. The first-order valence-corrected chi connectivity index (χ1v) is 7.16. The van der Waals surface area contributed by atoms with Crippen LogP contribution in [0.4, 0.5) is 5.69 Å². The molecular weight excluding hydrogens is 274 g/mol. The van der Waals surface area contributed by atoms with Gasteiger partial charge in [0.25, 0.3) is 5.69 Å². The van der Waals surface area contributed by atoms with E-state index in [1.54, 1.807) is 13.2 Å². The number of nitrogens with zero attached hydrogens (tertiary/aromatic N) is 1. The van der Waals surface area contributed by atoms with Gasteiger partial charge < -0.3 is 4.74 Å². The number of hydrogen-bond donors (Lipinski definition) is 0. The molecule has 0 saturated carbocycles. The summed E-state index contributed by atoms with van der Waals surface area (Å²) in [6.07, 6.45) is 0. The smallest absolute Gasteiger partial charge is 0.278 e. The van der Waals surface area contributed by atoms with Gasteiger partial charge >= 0.3 is 0 Å². The van der Waals surface area contributed by atoms with Crippen LogP contribution in [-0.2, 0) is 0 Å². The first-order chi connectivity index (χ1) is 9.72. The Kier molecular flexibility index (Phi) is 4.20. The molecule has 20 heavy (non-hydrogen) atoms. The number of ether oxygens (including phenoxy) is 1. The lowest BCUT2D eigenvalue weighted by Gasteiger charge is -2.01. The van der Waals surface area contributed by atoms with Gasteiger partial charge in [-0.1, -0.05) is 32.0 Å². The molecule has 0 amide bonds. The molecule has 2 aromatic carbocycles. The van der Waals surface area contributed by atoms with Gasteiger partial charge in [-0.25, -0.2) is 0 Å². The van der Waals surface area contributed by atoms with Crippen LogP contribution in [0, 0.1) is 10.1 Å². The average Bonchev–Trinajstić information content (AvgIpc) is 2.87. The summed E-state index contributed by atoms with van der Waals surface area (Å²) in [4.78, 5) is 10.8. The minimum atomic E-state index is -0.346. The molecule has 5 heteroatoms. The predicted molar refractivity (Wildman–Crippen MR) is 83.9 cm³/mol. The van der Waals surface area contributed by atoms with Crippen molar-refractivity contribution in [3.05, 3.63) is 46.5 Å². The lowest BCUT2D eigenvalue weighted by Crippen LogP contribution is -1.90. The van der Waals surface area contributed by atoms with Gasteiger partial charge in [0, 0.05) is 16.2 Å². The number of methoxy groups -OCH3 is 1. The number of fused-ring (bicyclic) bond motifs is 3. The van der Waals surface area contributed by atoms with Gasteiger partial charge in [-0.2, -0.15) is 0 Å². The molecule has 3 aromatic rings. The van der Waals surface area contributed by atoms with E-state index in [9.17, 15) is 10.1 Å². The van der Waals surface area contributed by atoms with Crippen molar-refractivity contribution in [2.75, 3.05) is 7.11 Å². The average molecular weight is 289 g/mol. The maximum atomic E-state index is 11.1. The lowest BCUT2D eigenvalue weighted by atomic mass is 10.1. The zero-order valence-electron chi connectivity index (χ0n) is 11.5. The predicted octanol–water partition coefficient (Wildman–Crippen LogP) is 5.00. The van der Waals surface area contributed by atoms with Gasteiger partial charge in [0.15, 0.2) is 0 Å². The highest BCUT2D eigenvalue weighted by atomic mass is 32.1. The van der Waals surface area contributed by atoms with E-state index in [-0.39, 0.29) is 10.6 Å². The van der Waals surface area contributed by atoms with Gasteiger partial charge in [-0.15, -0.1) is 11.3 Å². The fourth-order valence-corrected chi connectivity index (χ4v) is 3.31. The van der Waals surface area contributed by atoms with Crippen molar-refractivity contribution in [3.8, 4) is 5.75 Å². The highest BCUT2D eigenvalue weighted by Gasteiger charge is 2.19. The highest BCUT2D eigenvalue weighted by molar-refractivity contribution is 7.26. The first-order valence-electron chi connectivity index (χ1n) is 6.35. The number of hydrogen-bond acceptors (Lipinski definition) is 4. The van der Waals surface area contributed by atoms with E-state index < -0.39 is 0 Å². The molecule has 1 aromatic heterocycles. The maximum Gasteiger partial charge on any atom is 0.278 e. The van der Waals surface area contributed by atoms with Gasteiger partial charge in [0.1, 0.15) is 5.75 Å². The second kappa shape index (κ2) is 5.88. The van der Waals surface area contributed by atoms with Crippen LogP contribution in [0.2, 0.25) is 0 Å². The standard InChI is InChI=1S/C13H9NO3S.C2H6/c1-17-10-7-6-9(14(15)16)12-8-4-2-3-5-11(8)18-13(10)12;1-2/h2-7H,1H3;1-2H3. The largest absolute Gasteiger partial charge is 0.495 e. The Labute approximate surface area is 120 Å². The molecular formula is C15H15NO3S. The van der Waals surface area contributed by atoms with Crippen LogP contribution in [0.5, 0.6) is 5.75 Å². The number of rotatable bonds is 2. The molecule has 104 valence electrons. The van der Waals surface area contributed by atoms with Crippen LogP contribution < -0.4 is 4.74 Å². The van der Waals surface area contributed by atoms with Crippen molar-refractivity contribution >= 4 is 37.2 Å². The van der Waals surface area contributed by atoms with Crippen molar-refractivity contribution in [1.29, 1.82) is 0 Å². The maximum absolute atomic E-state index is 11.1. The van der Waals surface area contributed by atoms with E-state index in [1.165, 1.54) is 17.4 Å². The SMILES string of the molecule is CC.COc1ccc([N+](=O)[O-])c2c1sc1ccccc12. The summed E-state index contributed by atoms with van der Waals surface area (Å²) in [5.74, 6) is 0.678. The minimum absolute atomic E-state index is 0.128. The second-order valence-electron chi connectivity index (χ2n) is 3.85. The zero-order valence-corrected chi connectivity index (χ0v) is 12.4. The Balaban J connectivity index is 0.000000704. The minimum Gasteiger partial charge on any atom is -0.495 e. The fraction of sp³-hybridized carbons (Fsp3) is 0.200. The van der Waals surface area contributed by atoms with Gasteiger partial charge in [-0.05, 0) is 12.1 Å². The molecule has 0 N–H and O–H groups in total. The molecule has 0 aliphatic rings. The molecule has 0 fully saturated rings. The lowest BCUT2D eigenvalue weighted by molar-refractivity contribution is -0.383. The molecule has 0 saturated heterocycles. The second-order valence-corrected chi connectivity index (χ2v) is 4.90. The third kappa shape index (κ3) is 2.20. The van der Waals surface area contributed by atoms with Gasteiger partial charge in [0.05, 0.1) is 22.1 Å². The topological polar surface area (TPSA) is 52.4 Å². The molecule has 0 aliphatic heterocycles. The van der Waals surface area contributed by atoms with Gasteiger partial charge in [-0.3, -0.25) is 10.1 Å². The van der Waals surface area contributed by atoms with Crippen LogP contribution >= 0.6 is 11.3 Å². The van der Waals surface area contributed by atoms with Gasteiger partial charge in [0.2, 0.25) is 0 Å². The van der Waals surface area contributed by atoms with Crippen LogP contribution in [0.15, 0.2) is 36.4 Å². The summed E-state index contributed by atoms with van der Waals surface area (Å²) in [6, 6.07) is 10.8. The number of nitro benzene ring substituents is 1. The third-order valence-electron chi connectivity index (χ3n) is 2.88. The van der Waals surface area contributed by atoms with E-state index in [1.807, 2.05) is 38.1 Å². The molecule has 0 bridgehead atoms. The number of non-ortho nitro benzene ring substituents is 1. The molecule has 1 heterocycles. The number of nitro groups is 1. The van der Waals surface area contributed by atoms with E-state index in [0.717, 1.165) is 14.8 Å². The van der Waals surface area contributed by atoms with Crippen LogP contribution in [-0.4, -0.2) is 12.0 Å². The highest BCUT2D eigenvalue weighted by Crippen LogP contribution is 2.43. The Morgan fingerprint density at radius 2 is 1.85 bits per heavy atom. The summed E-state index contributed by atoms with van der Waals surface area (Å²) >= 11 is 1.51. The fourth-order valence-electron chi connectivity index (χ4n) is 2.10. The van der Waals surface area contributed by atoms with E-state index in [2.05, 4.69) is 0 Å². The van der Waals surface area contributed by atoms with Crippen molar-refractivity contribution in [2.45, 2.75) is 13.8 Å². The Morgan fingerprint density at radius 3 is 2.50 bits per heavy atom. The number of thiophene rings is 1. The molecule has 0 aliphatic carbocycles. The van der Waals surface area contributed by atoms with Crippen molar-refractivity contribution in [1.82, 2.24) is 0 Å². The van der Waals surface area contributed by atoms with Crippen LogP contribution in [0.1, 0.15) is 13.8 Å². The summed E-state index contributed by atoms with van der Waals surface area (Å²) in [6.45, 7) is 4.00. The molecule has 0 radical (unpaired) electrons. The Morgan fingerprint density at radius 1 is 1.15 bits per heavy atom. The quantitative estimate of drug-likeness (QED) is 0.493.